The van der Waals surface area contributed by atoms with Gasteiger partial charge in [-0.2, -0.15) is 0 Å². The zero-order chi connectivity index (χ0) is 7.72. The summed E-state index contributed by atoms with van der Waals surface area (Å²) in [5.74, 6) is -0.176. The van der Waals surface area contributed by atoms with Crippen molar-refractivity contribution in [2.24, 2.45) is 0 Å². The Balaban J connectivity index is 3.31. The summed E-state index contributed by atoms with van der Waals surface area (Å²) in [5, 5.41) is 0. The van der Waals surface area contributed by atoms with Gasteiger partial charge < -0.3 is 0 Å². The maximum Gasteiger partial charge on any atom is 0.124 e. The van der Waals surface area contributed by atoms with Gasteiger partial charge in [0.15, 0.2) is 0 Å². The molecular weight excluding hydrogens is 310 g/mol. The number of hydrogen-bond acceptors (Lipinski definition) is 0. The monoisotopic (exact) mass is 314 g/mol. The van der Waals surface area contributed by atoms with E-state index in [4.69, 9.17) is 0 Å². The average molecular weight is 315 g/mol. The van der Waals surface area contributed by atoms with E-state index in [1.807, 2.05) is 6.92 Å². The van der Waals surface area contributed by atoms with Gasteiger partial charge in [0, 0.05) is 8.04 Å². The Morgan fingerprint density at radius 1 is 1.50 bits per heavy atom. The molecule has 0 nitrogen and oxygen atoms in total. The van der Waals surface area contributed by atoms with Gasteiger partial charge in [0.05, 0.1) is 0 Å². The number of hydrogen-bond donors (Lipinski definition) is 0. The molecule has 54 valence electrons. The summed E-state index contributed by atoms with van der Waals surface area (Å²) < 4.78 is 14.5. The lowest BCUT2D eigenvalue weighted by Crippen LogP contribution is -1.83. The van der Waals surface area contributed by atoms with Crippen LogP contribution in [0.5, 0.6) is 0 Å². The topological polar surface area (TPSA) is 0 Å². The van der Waals surface area contributed by atoms with Crippen molar-refractivity contribution in [3.8, 4) is 0 Å². The van der Waals surface area contributed by atoms with Crippen LogP contribution in [-0.4, -0.2) is 0 Å². The summed E-state index contributed by atoms with van der Waals surface area (Å²) in [5.41, 5.74) is 0.935. The molecule has 0 unspecified atom stereocenters. The van der Waals surface area contributed by atoms with Crippen molar-refractivity contribution in [2.45, 2.75) is 6.92 Å². The van der Waals surface area contributed by atoms with Crippen LogP contribution in [0.2, 0.25) is 0 Å². The van der Waals surface area contributed by atoms with Gasteiger partial charge in [0.2, 0.25) is 0 Å². The molecule has 0 radical (unpaired) electrons. The molecule has 3 heteroatoms. The molecular formula is C7H5BrFI. The second-order valence-electron chi connectivity index (χ2n) is 2.02. The molecule has 0 atom stereocenters. The van der Waals surface area contributed by atoms with Crippen LogP contribution >= 0.6 is 38.5 Å². The zero-order valence-electron chi connectivity index (χ0n) is 5.29. The van der Waals surface area contributed by atoms with Crippen molar-refractivity contribution in [2.75, 3.05) is 0 Å². The second-order valence-corrected chi connectivity index (χ2v) is 3.97. The van der Waals surface area contributed by atoms with Crippen LogP contribution < -0.4 is 0 Å². The van der Waals surface area contributed by atoms with E-state index in [0.29, 0.717) is 0 Å². The van der Waals surface area contributed by atoms with E-state index in [9.17, 15) is 4.39 Å². The largest absolute Gasteiger partial charge is 0.207 e. The summed E-state index contributed by atoms with van der Waals surface area (Å²) in [7, 11) is 0. The van der Waals surface area contributed by atoms with E-state index in [-0.39, 0.29) is 5.82 Å². The van der Waals surface area contributed by atoms with Gasteiger partial charge in [0.25, 0.3) is 0 Å². The second kappa shape index (κ2) is 3.17. The summed E-state index contributed by atoms with van der Waals surface area (Å²) in [6.07, 6.45) is 0. The summed E-state index contributed by atoms with van der Waals surface area (Å²) in [6.45, 7) is 1.87. The van der Waals surface area contributed by atoms with Crippen molar-refractivity contribution in [1.29, 1.82) is 0 Å². The van der Waals surface area contributed by atoms with E-state index in [1.54, 1.807) is 0 Å². The van der Waals surface area contributed by atoms with Crippen LogP contribution in [-0.2, 0) is 0 Å². The highest BCUT2D eigenvalue weighted by molar-refractivity contribution is 14.1. The van der Waals surface area contributed by atoms with Gasteiger partial charge in [-0.25, -0.2) is 4.39 Å². The molecule has 0 fully saturated rings. The molecule has 0 amide bonds. The molecule has 1 rings (SSSR count). The predicted molar refractivity (Wildman–Crippen MR) is 51.6 cm³/mol. The van der Waals surface area contributed by atoms with Crippen LogP contribution in [0.15, 0.2) is 16.6 Å². The molecule has 0 aliphatic rings. The molecule has 0 bridgehead atoms. The normalized spacial score (nSPS) is 10.0. The Labute approximate surface area is 81.1 Å². The fourth-order valence-corrected chi connectivity index (χ4v) is 1.64. The Kier molecular flexibility index (Phi) is 2.68. The SMILES string of the molecule is Cc1cc(F)cc(I)c1Br. The lowest BCUT2D eigenvalue weighted by Gasteiger charge is -1.99. The molecule has 0 spiro atoms. The summed E-state index contributed by atoms with van der Waals surface area (Å²) in [6, 6.07) is 3.00. The lowest BCUT2D eigenvalue weighted by molar-refractivity contribution is 0.625. The van der Waals surface area contributed by atoms with Crippen LogP contribution in [0.3, 0.4) is 0 Å². The molecule has 10 heavy (non-hydrogen) atoms. The fourth-order valence-electron chi connectivity index (χ4n) is 0.685. The smallest absolute Gasteiger partial charge is 0.124 e. The maximum absolute atomic E-state index is 12.6. The average Bonchev–Trinajstić information content (AvgIpc) is 1.82. The minimum absolute atomic E-state index is 0.176. The summed E-state index contributed by atoms with van der Waals surface area (Å²) in [4.78, 5) is 0. The van der Waals surface area contributed by atoms with Crippen molar-refractivity contribution in [1.82, 2.24) is 0 Å². The first kappa shape index (κ1) is 8.46. The quantitative estimate of drug-likeness (QED) is 0.508. The Morgan fingerprint density at radius 3 is 2.60 bits per heavy atom. The maximum atomic E-state index is 12.6. The fraction of sp³-hybridized carbons (Fsp3) is 0.143. The van der Waals surface area contributed by atoms with E-state index in [2.05, 4.69) is 38.5 Å². The first-order valence-corrected chi connectivity index (χ1v) is 4.59. The highest BCUT2D eigenvalue weighted by atomic mass is 127. The first-order valence-electron chi connectivity index (χ1n) is 2.72. The molecule has 0 saturated carbocycles. The number of rotatable bonds is 0. The van der Waals surface area contributed by atoms with E-state index in [0.717, 1.165) is 13.6 Å². The van der Waals surface area contributed by atoms with E-state index >= 15 is 0 Å². The Hall–Kier alpha value is 0.360. The molecule has 0 aliphatic carbocycles. The van der Waals surface area contributed by atoms with Crippen molar-refractivity contribution < 1.29 is 4.39 Å². The minimum atomic E-state index is -0.176. The number of halogens is 3. The van der Waals surface area contributed by atoms with Gasteiger partial charge in [-0.15, -0.1) is 0 Å². The Bertz CT molecular complexity index is 237. The molecule has 0 saturated heterocycles. The first-order chi connectivity index (χ1) is 4.61. The number of aryl methyl sites for hydroxylation is 1. The highest BCUT2D eigenvalue weighted by Gasteiger charge is 2.01. The zero-order valence-corrected chi connectivity index (χ0v) is 9.03. The Morgan fingerprint density at radius 2 is 2.10 bits per heavy atom. The standard InChI is InChI=1S/C7H5BrFI/c1-4-2-5(9)3-6(10)7(4)8/h2-3H,1H3. The number of benzene rings is 1. The third-order valence-corrected chi connectivity index (χ3v) is 3.82. The van der Waals surface area contributed by atoms with Crippen LogP contribution in [0, 0.1) is 16.3 Å². The van der Waals surface area contributed by atoms with Crippen LogP contribution in [0.25, 0.3) is 0 Å². The van der Waals surface area contributed by atoms with Crippen molar-refractivity contribution in [3.05, 3.63) is 31.6 Å². The molecule has 0 N–H and O–H groups in total. The third kappa shape index (κ3) is 1.69. The van der Waals surface area contributed by atoms with Gasteiger partial charge in [-0.3, -0.25) is 0 Å². The van der Waals surface area contributed by atoms with Gasteiger partial charge in [-0.1, -0.05) is 0 Å². The van der Waals surface area contributed by atoms with Crippen LogP contribution in [0.4, 0.5) is 4.39 Å². The van der Waals surface area contributed by atoms with Gasteiger partial charge in [0.1, 0.15) is 5.82 Å². The highest BCUT2D eigenvalue weighted by Crippen LogP contribution is 2.23. The van der Waals surface area contributed by atoms with Crippen LogP contribution in [0.1, 0.15) is 5.56 Å². The molecule has 1 aromatic rings. The minimum Gasteiger partial charge on any atom is -0.207 e. The molecule has 1 aromatic carbocycles. The lowest BCUT2D eigenvalue weighted by atomic mass is 10.2. The van der Waals surface area contributed by atoms with Crippen molar-refractivity contribution >= 4 is 38.5 Å². The molecule has 0 heterocycles. The third-order valence-electron chi connectivity index (χ3n) is 1.17. The van der Waals surface area contributed by atoms with Gasteiger partial charge >= 0.3 is 0 Å². The predicted octanol–water partition coefficient (Wildman–Crippen LogP) is 3.50. The summed E-state index contributed by atoms with van der Waals surface area (Å²) >= 11 is 5.43. The van der Waals surface area contributed by atoms with Crippen molar-refractivity contribution in [3.63, 3.8) is 0 Å². The molecule has 0 aliphatic heterocycles. The van der Waals surface area contributed by atoms with E-state index in [1.165, 1.54) is 12.1 Å². The van der Waals surface area contributed by atoms with Gasteiger partial charge in [-0.05, 0) is 63.1 Å². The van der Waals surface area contributed by atoms with E-state index < -0.39 is 0 Å². The molecule has 0 aromatic heterocycles.